The van der Waals surface area contributed by atoms with Crippen molar-refractivity contribution in [2.24, 2.45) is 0 Å². The second-order valence-electron chi connectivity index (χ2n) is 1.29. The molecule has 0 radical (unpaired) electrons. The summed E-state index contributed by atoms with van der Waals surface area (Å²) in [5, 5.41) is 0. The highest BCUT2D eigenvalue weighted by atomic mass is 31.2. The van der Waals surface area contributed by atoms with Crippen molar-refractivity contribution in [2.45, 2.75) is 0 Å². The van der Waals surface area contributed by atoms with Crippen LogP contribution in [0.2, 0.25) is 0 Å². The summed E-state index contributed by atoms with van der Waals surface area (Å²) in [6.45, 7) is 0. The first-order valence-corrected chi connectivity index (χ1v) is 3.65. The Balaban J connectivity index is 0.000000180. The van der Waals surface area contributed by atoms with Crippen molar-refractivity contribution in [3.05, 3.63) is 30.6 Å². The number of aromatic nitrogens is 1. The first-order chi connectivity index (χ1) is 4.73. The van der Waals surface area contributed by atoms with E-state index in [1.165, 1.54) is 0 Å². The molecule has 0 aliphatic carbocycles. The Morgan fingerprint density at radius 1 is 0.900 bits per heavy atom. The van der Waals surface area contributed by atoms with Gasteiger partial charge < -0.3 is 14.7 Å². The molecule has 0 saturated carbocycles. The standard InChI is InChI=1S/C5H5N.H3O3P/c1-2-4-6-5-3-1;1-4(2)3/h1-5H;1-3H. The van der Waals surface area contributed by atoms with Gasteiger partial charge in [-0.05, 0) is 12.1 Å². The highest BCUT2D eigenvalue weighted by molar-refractivity contribution is 7.38. The van der Waals surface area contributed by atoms with Crippen LogP contribution in [0.25, 0.3) is 0 Å². The average molecular weight is 161 g/mol. The number of nitrogens with zero attached hydrogens (tertiary/aromatic N) is 1. The average Bonchev–Trinajstić information content (AvgIpc) is 1.90. The molecule has 1 rings (SSSR count). The third-order valence-corrected chi connectivity index (χ3v) is 0.566. The van der Waals surface area contributed by atoms with E-state index >= 15 is 0 Å². The minimum atomic E-state index is -2.62. The van der Waals surface area contributed by atoms with Crippen LogP contribution in [0.15, 0.2) is 30.6 Å². The zero-order chi connectivity index (χ0) is 7.82. The molecule has 0 aliphatic rings. The van der Waals surface area contributed by atoms with Crippen LogP contribution in [0.4, 0.5) is 0 Å². The fraction of sp³-hybridized carbons (Fsp3) is 0. The molecule has 0 aromatic carbocycles. The molecule has 1 aromatic rings. The molecule has 0 aliphatic heterocycles. The summed E-state index contributed by atoms with van der Waals surface area (Å²) < 4.78 is 0. The molecule has 0 bridgehead atoms. The number of hydrogen-bond acceptors (Lipinski definition) is 4. The van der Waals surface area contributed by atoms with Crippen molar-refractivity contribution < 1.29 is 14.7 Å². The predicted molar refractivity (Wildman–Crippen MR) is 37.8 cm³/mol. The van der Waals surface area contributed by atoms with Gasteiger partial charge in [0.15, 0.2) is 0 Å². The number of pyridine rings is 1. The Morgan fingerprint density at radius 2 is 1.30 bits per heavy atom. The molecule has 10 heavy (non-hydrogen) atoms. The molecule has 1 aromatic heterocycles. The van der Waals surface area contributed by atoms with Crippen molar-refractivity contribution in [1.29, 1.82) is 0 Å². The van der Waals surface area contributed by atoms with Crippen molar-refractivity contribution in [1.82, 2.24) is 4.98 Å². The van der Waals surface area contributed by atoms with E-state index in [0.717, 1.165) is 0 Å². The lowest BCUT2D eigenvalue weighted by Gasteiger charge is -1.76. The largest absolute Gasteiger partial charge is 0.328 e. The van der Waals surface area contributed by atoms with Gasteiger partial charge in [0, 0.05) is 12.4 Å². The summed E-state index contributed by atoms with van der Waals surface area (Å²) in [4.78, 5) is 25.5. The molecular weight excluding hydrogens is 153 g/mol. The maximum atomic E-state index is 7.23. The summed E-state index contributed by atoms with van der Waals surface area (Å²) in [5.41, 5.74) is 0. The lowest BCUT2D eigenvalue weighted by molar-refractivity contribution is 0.368. The minimum Gasteiger partial charge on any atom is -0.328 e. The SMILES string of the molecule is OP(O)O.c1ccncc1. The summed E-state index contributed by atoms with van der Waals surface area (Å²) >= 11 is 0. The van der Waals surface area contributed by atoms with Gasteiger partial charge in [0.1, 0.15) is 0 Å². The van der Waals surface area contributed by atoms with E-state index in [4.69, 9.17) is 14.7 Å². The van der Waals surface area contributed by atoms with Crippen molar-refractivity contribution in [2.75, 3.05) is 0 Å². The van der Waals surface area contributed by atoms with E-state index in [9.17, 15) is 0 Å². The Labute approximate surface area is 59.8 Å². The summed E-state index contributed by atoms with van der Waals surface area (Å²) in [7, 11) is -2.62. The zero-order valence-corrected chi connectivity index (χ0v) is 6.02. The second kappa shape index (κ2) is 6.58. The molecule has 0 spiro atoms. The number of hydrogen-bond donors (Lipinski definition) is 3. The van der Waals surface area contributed by atoms with Gasteiger partial charge in [-0.25, -0.2) is 0 Å². The minimum absolute atomic E-state index is 1.75. The van der Waals surface area contributed by atoms with Crippen LogP contribution in [0.5, 0.6) is 0 Å². The normalized spacial score (nSPS) is 8.40. The number of rotatable bonds is 0. The Hall–Kier alpha value is -0.540. The fourth-order valence-electron chi connectivity index (χ4n) is 0.313. The summed E-state index contributed by atoms with van der Waals surface area (Å²) in [6, 6.07) is 5.72. The molecule has 56 valence electrons. The van der Waals surface area contributed by atoms with E-state index in [2.05, 4.69) is 4.98 Å². The first-order valence-electron chi connectivity index (χ1n) is 2.45. The molecule has 0 amide bonds. The topological polar surface area (TPSA) is 73.6 Å². The van der Waals surface area contributed by atoms with E-state index < -0.39 is 8.60 Å². The molecule has 0 atom stereocenters. The quantitative estimate of drug-likeness (QED) is 0.477. The lowest BCUT2D eigenvalue weighted by atomic mass is 10.5. The van der Waals surface area contributed by atoms with Gasteiger partial charge in [0.25, 0.3) is 0 Å². The first kappa shape index (κ1) is 9.46. The molecule has 4 nitrogen and oxygen atoms in total. The van der Waals surface area contributed by atoms with Gasteiger partial charge in [0.2, 0.25) is 0 Å². The van der Waals surface area contributed by atoms with Crippen molar-refractivity contribution >= 4 is 8.60 Å². The van der Waals surface area contributed by atoms with Crippen LogP contribution in [-0.2, 0) is 0 Å². The maximum absolute atomic E-state index is 7.23. The molecule has 0 fully saturated rings. The van der Waals surface area contributed by atoms with Gasteiger partial charge in [-0.2, -0.15) is 0 Å². The van der Waals surface area contributed by atoms with Crippen LogP contribution in [0, 0.1) is 0 Å². The van der Waals surface area contributed by atoms with Crippen molar-refractivity contribution in [3.63, 3.8) is 0 Å². The van der Waals surface area contributed by atoms with Gasteiger partial charge >= 0.3 is 8.60 Å². The van der Waals surface area contributed by atoms with Gasteiger partial charge in [-0.3, -0.25) is 4.98 Å². The molecule has 3 N–H and O–H groups in total. The Morgan fingerprint density at radius 3 is 1.40 bits per heavy atom. The molecule has 0 saturated heterocycles. The second-order valence-corrected chi connectivity index (χ2v) is 1.83. The Kier molecular flexibility index (Phi) is 6.22. The summed E-state index contributed by atoms with van der Waals surface area (Å²) in [5.74, 6) is 0. The molecule has 1 heterocycles. The lowest BCUT2D eigenvalue weighted by Crippen LogP contribution is -1.58. The van der Waals surface area contributed by atoms with Gasteiger partial charge in [-0.15, -0.1) is 0 Å². The molecule has 0 unspecified atom stereocenters. The zero-order valence-electron chi connectivity index (χ0n) is 5.12. The fourth-order valence-corrected chi connectivity index (χ4v) is 0.313. The van der Waals surface area contributed by atoms with Gasteiger partial charge in [-0.1, -0.05) is 6.07 Å². The smallest absolute Gasteiger partial charge is 0.324 e. The third-order valence-electron chi connectivity index (χ3n) is 0.566. The van der Waals surface area contributed by atoms with Crippen molar-refractivity contribution in [3.8, 4) is 0 Å². The Bertz CT molecular complexity index is 117. The maximum Gasteiger partial charge on any atom is 0.324 e. The van der Waals surface area contributed by atoms with Crippen LogP contribution >= 0.6 is 8.60 Å². The van der Waals surface area contributed by atoms with E-state index in [1.807, 2.05) is 18.2 Å². The van der Waals surface area contributed by atoms with Crippen LogP contribution in [-0.4, -0.2) is 19.7 Å². The summed E-state index contributed by atoms with van der Waals surface area (Å²) in [6.07, 6.45) is 3.50. The highest BCUT2D eigenvalue weighted by Gasteiger charge is 1.76. The van der Waals surface area contributed by atoms with Gasteiger partial charge in [0.05, 0.1) is 0 Å². The van der Waals surface area contributed by atoms with Crippen LogP contribution in [0.3, 0.4) is 0 Å². The highest BCUT2D eigenvalue weighted by Crippen LogP contribution is 2.11. The van der Waals surface area contributed by atoms with E-state index in [1.54, 1.807) is 12.4 Å². The predicted octanol–water partition coefficient (Wildman–Crippen LogP) is 0.272. The molecular formula is C5H8NO3P. The monoisotopic (exact) mass is 161 g/mol. The van der Waals surface area contributed by atoms with Crippen LogP contribution in [0.1, 0.15) is 0 Å². The van der Waals surface area contributed by atoms with Crippen LogP contribution < -0.4 is 0 Å². The van der Waals surface area contributed by atoms with E-state index in [0.29, 0.717) is 0 Å². The molecule has 5 heteroatoms. The third kappa shape index (κ3) is 10.4. The van der Waals surface area contributed by atoms with E-state index in [-0.39, 0.29) is 0 Å².